The molecule has 2 aliphatic heterocycles. The van der Waals surface area contributed by atoms with E-state index in [4.69, 9.17) is 16.3 Å². The molecule has 0 saturated carbocycles. The number of carbonyl (C=O) groups is 2. The number of likely N-dealkylation sites (tertiary alicyclic amines) is 1. The Balaban J connectivity index is 1.52. The molecule has 0 radical (unpaired) electrons. The molecule has 0 aromatic heterocycles. The van der Waals surface area contributed by atoms with E-state index in [1.807, 2.05) is 26.0 Å². The second-order valence-corrected chi connectivity index (χ2v) is 9.84. The number of imide groups is 1. The third kappa shape index (κ3) is 6.59. The molecule has 8 nitrogen and oxygen atoms in total. The van der Waals surface area contributed by atoms with Crippen molar-refractivity contribution in [3.63, 3.8) is 0 Å². The summed E-state index contributed by atoms with van der Waals surface area (Å²) in [7, 11) is 0. The summed E-state index contributed by atoms with van der Waals surface area (Å²) < 4.78 is 20.0. The summed E-state index contributed by atoms with van der Waals surface area (Å²) in [6.07, 6.45) is 2.44. The largest absolute Gasteiger partial charge is 0.488 e. The fourth-order valence-corrected chi connectivity index (χ4v) is 4.53. The Morgan fingerprint density at radius 1 is 1.08 bits per heavy atom. The van der Waals surface area contributed by atoms with Gasteiger partial charge in [-0.2, -0.15) is 0 Å². The second-order valence-electron chi connectivity index (χ2n) is 9.40. The Labute approximate surface area is 216 Å². The fourth-order valence-electron chi connectivity index (χ4n) is 4.40. The number of urea groups is 2. The van der Waals surface area contributed by atoms with Crippen molar-refractivity contribution >= 4 is 29.4 Å². The molecule has 1 unspecified atom stereocenters. The van der Waals surface area contributed by atoms with Crippen molar-refractivity contribution in [1.82, 2.24) is 20.0 Å². The number of hydrogen-bond donors (Lipinski definition) is 2. The van der Waals surface area contributed by atoms with Crippen molar-refractivity contribution in [3.05, 3.63) is 58.9 Å². The van der Waals surface area contributed by atoms with Crippen LogP contribution in [-0.4, -0.2) is 65.3 Å². The molecule has 194 valence electrons. The van der Waals surface area contributed by atoms with E-state index in [0.29, 0.717) is 23.8 Å². The predicted octanol–water partition coefficient (Wildman–Crippen LogP) is 5.10. The van der Waals surface area contributed by atoms with Crippen LogP contribution >= 0.6 is 11.6 Å². The molecule has 0 aliphatic carbocycles. The Bertz CT molecular complexity index is 1060. The van der Waals surface area contributed by atoms with Gasteiger partial charge in [-0.1, -0.05) is 30.2 Å². The van der Waals surface area contributed by atoms with Crippen LogP contribution in [0, 0.1) is 5.82 Å². The monoisotopic (exact) mass is 517 g/mol. The molecule has 10 heteroatoms. The first kappa shape index (κ1) is 26.0. The highest BCUT2D eigenvalue weighted by molar-refractivity contribution is 6.30. The van der Waals surface area contributed by atoms with Crippen LogP contribution in [0.15, 0.2) is 42.5 Å². The minimum atomic E-state index is -0.872. The van der Waals surface area contributed by atoms with Crippen molar-refractivity contribution in [2.75, 3.05) is 31.5 Å². The predicted molar refractivity (Wildman–Crippen MR) is 137 cm³/mol. The molecule has 2 aliphatic rings. The number of piperidine rings is 1. The smallest absolute Gasteiger partial charge is 0.331 e. The second kappa shape index (κ2) is 11.8. The average Bonchev–Trinajstić information content (AvgIpc) is 2.85. The first-order chi connectivity index (χ1) is 17.3. The number of benzene rings is 2. The average molecular weight is 518 g/mol. The molecular weight excluding hydrogens is 485 g/mol. The zero-order valence-corrected chi connectivity index (χ0v) is 21.4. The number of nitrogens with one attached hydrogen (secondary N) is 2. The molecule has 4 rings (SSSR count). The number of nitrogens with zero attached hydrogens (tertiary/aromatic N) is 3. The number of anilines is 1. The van der Waals surface area contributed by atoms with Crippen LogP contribution in [0.5, 0.6) is 5.75 Å². The summed E-state index contributed by atoms with van der Waals surface area (Å²) in [4.78, 5) is 31.5. The van der Waals surface area contributed by atoms with E-state index in [0.717, 1.165) is 31.5 Å². The molecule has 2 aromatic rings. The molecule has 1 atom stereocenters. The van der Waals surface area contributed by atoms with Gasteiger partial charge in [0.15, 0.2) is 17.9 Å². The third-order valence-corrected chi connectivity index (χ3v) is 6.50. The lowest BCUT2D eigenvalue weighted by Gasteiger charge is -2.42. The number of halogens is 2. The van der Waals surface area contributed by atoms with Crippen LogP contribution in [0.25, 0.3) is 0 Å². The van der Waals surface area contributed by atoms with Crippen LogP contribution in [0.2, 0.25) is 5.02 Å². The minimum Gasteiger partial charge on any atom is -0.488 e. The van der Waals surface area contributed by atoms with Crippen LogP contribution in [0.4, 0.5) is 19.7 Å². The molecule has 4 amide bonds. The van der Waals surface area contributed by atoms with Gasteiger partial charge in [0.1, 0.15) is 0 Å². The van der Waals surface area contributed by atoms with Gasteiger partial charge in [-0.15, -0.1) is 0 Å². The van der Waals surface area contributed by atoms with E-state index in [9.17, 15) is 14.0 Å². The van der Waals surface area contributed by atoms with Crippen molar-refractivity contribution in [3.8, 4) is 5.75 Å². The molecule has 2 fully saturated rings. The highest BCUT2D eigenvalue weighted by Gasteiger charge is 2.38. The Morgan fingerprint density at radius 3 is 2.47 bits per heavy atom. The van der Waals surface area contributed by atoms with E-state index in [1.54, 1.807) is 18.2 Å². The molecule has 36 heavy (non-hydrogen) atoms. The van der Waals surface area contributed by atoms with E-state index in [1.165, 1.54) is 28.4 Å². The highest BCUT2D eigenvalue weighted by Crippen LogP contribution is 2.24. The Hall–Kier alpha value is -3.04. The van der Waals surface area contributed by atoms with E-state index in [2.05, 4.69) is 15.5 Å². The number of carbonyl (C=O) groups excluding carboxylic acids is 2. The van der Waals surface area contributed by atoms with E-state index < -0.39 is 24.2 Å². The Kier molecular flexibility index (Phi) is 8.53. The lowest BCUT2D eigenvalue weighted by atomic mass is 10.1. The van der Waals surface area contributed by atoms with Gasteiger partial charge in [0.2, 0.25) is 0 Å². The molecule has 0 spiro atoms. The summed E-state index contributed by atoms with van der Waals surface area (Å²) in [5.74, 6) is -0.393. The number of ether oxygens (including phenoxy) is 1. The number of amides is 4. The minimum absolute atomic E-state index is 0.140. The van der Waals surface area contributed by atoms with Gasteiger partial charge in [-0.3, -0.25) is 10.2 Å². The van der Waals surface area contributed by atoms with Gasteiger partial charge in [0.25, 0.3) is 0 Å². The third-order valence-electron chi connectivity index (χ3n) is 6.25. The van der Waals surface area contributed by atoms with Crippen LogP contribution in [0.3, 0.4) is 0 Å². The first-order valence-corrected chi connectivity index (χ1v) is 12.8. The van der Waals surface area contributed by atoms with Gasteiger partial charge in [-0.05, 0) is 69.6 Å². The summed E-state index contributed by atoms with van der Waals surface area (Å²) in [5.41, 5.74) is 1.25. The molecule has 0 bridgehead atoms. The summed E-state index contributed by atoms with van der Waals surface area (Å²) in [5, 5.41) is 6.54. The summed E-state index contributed by atoms with van der Waals surface area (Å²) in [6.45, 7) is 6.75. The standard InChI is InChI=1S/C26H33ClFN5O3/c1-18(2)36-23-11-10-21(16-22(23)28)29-24-30-25(34)32(15-14-31-12-4-3-5-13-31)26(35)33(24)17-19-6-8-20(27)9-7-19/h6-11,16,18,24,29H,3-5,12-15,17H2,1-2H3,(H,30,34). The molecule has 2 saturated heterocycles. The Morgan fingerprint density at radius 2 is 1.81 bits per heavy atom. The van der Waals surface area contributed by atoms with Crippen molar-refractivity contribution in [2.24, 2.45) is 0 Å². The van der Waals surface area contributed by atoms with E-state index in [-0.39, 0.29) is 18.4 Å². The molecule has 2 N–H and O–H groups in total. The van der Waals surface area contributed by atoms with Gasteiger partial charge in [0.05, 0.1) is 12.6 Å². The fraction of sp³-hybridized carbons (Fsp3) is 0.462. The van der Waals surface area contributed by atoms with Crippen LogP contribution in [0.1, 0.15) is 38.7 Å². The summed E-state index contributed by atoms with van der Waals surface area (Å²) in [6, 6.07) is 10.7. The quantitative estimate of drug-likeness (QED) is 0.484. The molecule has 2 aromatic carbocycles. The van der Waals surface area contributed by atoms with Crippen LogP contribution in [-0.2, 0) is 6.54 Å². The van der Waals surface area contributed by atoms with Crippen LogP contribution < -0.4 is 15.4 Å². The SMILES string of the molecule is CC(C)Oc1ccc(NC2NC(=O)N(CCN3CCCCC3)C(=O)N2Cc2ccc(Cl)cc2)cc1F. The van der Waals surface area contributed by atoms with Gasteiger partial charge < -0.3 is 15.0 Å². The van der Waals surface area contributed by atoms with Gasteiger partial charge in [0, 0.05) is 29.9 Å². The van der Waals surface area contributed by atoms with E-state index >= 15 is 0 Å². The van der Waals surface area contributed by atoms with Crippen molar-refractivity contribution in [2.45, 2.75) is 52.0 Å². The molecule has 2 heterocycles. The highest BCUT2D eigenvalue weighted by atomic mass is 35.5. The normalized spacial score (nSPS) is 19.0. The van der Waals surface area contributed by atoms with Gasteiger partial charge in [-0.25, -0.2) is 18.9 Å². The lowest BCUT2D eigenvalue weighted by Crippen LogP contribution is -2.67. The van der Waals surface area contributed by atoms with Gasteiger partial charge >= 0.3 is 12.1 Å². The van der Waals surface area contributed by atoms with Crippen molar-refractivity contribution < 1.29 is 18.7 Å². The molecular formula is C26H33ClFN5O3. The number of hydrogen-bond acceptors (Lipinski definition) is 5. The van der Waals surface area contributed by atoms with Crippen molar-refractivity contribution in [1.29, 1.82) is 0 Å². The lowest BCUT2D eigenvalue weighted by molar-refractivity contribution is 0.100. The maximum absolute atomic E-state index is 14.6. The maximum atomic E-state index is 14.6. The zero-order valence-electron chi connectivity index (χ0n) is 20.7. The number of rotatable bonds is 9. The zero-order chi connectivity index (χ0) is 25.7. The maximum Gasteiger partial charge on any atom is 0.331 e. The first-order valence-electron chi connectivity index (χ1n) is 12.4. The summed E-state index contributed by atoms with van der Waals surface area (Å²) >= 11 is 6.03. The topological polar surface area (TPSA) is 77.1 Å².